The molecule has 1 fully saturated rings. The molecule has 5 heteroatoms. The summed E-state index contributed by atoms with van der Waals surface area (Å²) in [5.74, 6) is -3.06. The molecule has 0 amide bonds. The Bertz CT molecular complexity index is 1290. The summed E-state index contributed by atoms with van der Waals surface area (Å²) in [6.07, 6.45) is 8.12. The van der Waals surface area contributed by atoms with Gasteiger partial charge in [-0.3, -0.25) is 0 Å². The normalized spacial score (nSPS) is 19.4. The molecule has 0 aromatic heterocycles. The van der Waals surface area contributed by atoms with Crippen LogP contribution in [0.3, 0.4) is 0 Å². The van der Waals surface area contributed by atoms with E-state index in [9.17, 15) is 8.78 Å². The van der Waals surface area contributed by atoms with Crippen molar-refractivity contribution in [1.29, 1.82) is 0 Å². The van der Waals surface area contributed by atoms with E-state index < -0.39 is 23.3 Å². The number of epoxide rings is 1. The highest BCUT2D eigenvalue weighted by Crippen LogP contribution is 2.38. The lowest BCUT2D eigenvalue weighted by atomic mass is 9.83. The minimum Gasteiger partial charge on any atom is -0.368 e. The zero-order chi connectivity index (χ0) is 24.5. The quantitative estimate of drug-likeness (QED) is 0.188. The van der Waals surface area contributed by atoms with Crippen LogP contribution in [0.5, 0.6) is 0 Å². The fourth-order valence-electron chi connectivity index (χ4n) is 4.86. The zero-order valence-corrected chi connectivity index (χ0v) is 19.3. The van der Waals surface area contributed by atoms with E-state index in [-0.39, 0.29) is 22.8 Å². The fourth-order valence-corrected chi connectivity index (χ4v) is 4.86. The van der Waals surface area contributed by atoms with E-state index in [2.05, 4.69) is 6.58 Å². The Hall–Kier alpha value is -3.18. The van der Waals surface area contributed by atoms with E-state index in [0.717, 1.165) is 37.7 Å². The second-order valence-corrected chi connectivity index (χ2v) is 9.25. The van der Waals surface area contributed by atoms with Crippen molar-refractivity contribution in [2.75, 3.05) is 6.61 Å². The van der Waals surface area contributed by atoms with Gasteiger partial charge in [0, 0.05) is 22.3 Å². The van der Waals surface area contributed by atoms with Crippen LogP contribution in [-0.2, 0) is 4.74 Å². The molecule has 35 heavy (non-hydrogen) atoms. The molecule has 0 saturated carbocycles. The molecule has 1 saturated heterocycles. The average Bonchev–Trinajstić information content (AvgIpc) is 3.72. The first kappa shape index (κ1) is 23.6. The van der Waals surface area contributed by atoms with Crippen LogP contribution < -0.4 is 0 Å². The van der Waals surface area contributed by atoms with Crippen molar-refractivity contribution in [1.82, 2.24) is 0 Å². The van der Waals surface area contributed by atoms with Gasteiger partial charge < -0.3 is 4.74 Å². The van der Waals surface area contributed by atoms with Crippen LogP contribution in [0.2, 0.25) is 0 Å². The second kappa shape index (κ2) is 9.82. The van der Waals surface area contributed by atoms with Crippen LogP contribution >= 0.6 is 0 Å². The summed E-state index contributed by atoms with van der Waals surface area (Å²) < 4.78 is 64.2. The molecule has 1 aliphatic heterocycles. The van der Waals surface area contributed by atoms with Gasteiger partial charge in [0.05, 0.1) is 6.61 Å². The molecule has 0 N–H and O–H groups in total. The Labute approximate surface area is 202 Å². The predicted molar refractivity (Wildman–Crippen MR) is 131 cm³/mol. The van der Waals surface area contributed by atoms with Gasteiger partial charge in [-0.2, -0.15) is 0 Å². The van der Waals surface area contributed by atoms with Gasteiger partial charge in [0.25, 0.3) is 0 Å². The van der Waals surface area contributed by atoms with Gasteiger partial charge in [0.2, 0.25) is 0 Å². The maximum absolute atomic E-state index is 15.1. The Kier molecular flexibility index (Phi) is 6.61. The lowest BCUT2D eigenvalue weighted by molar-refractivity contribution is 0.401. The molecule has 0 radical (unpaired) electrons. The topological polar surface area (TPSA) is 12.5 Å². The minimum atomic E-state index is -0.945. The number of benzene rings is 3. The molecule has 5 rings (SSSR count). The summed E-state index contributed by atoms with van der Waals surface area (Å²) >= 11 is 0. The smallest absolute Gasteiger partial charge is 0.167 e. The molecule has 2 unspecified atom stereocenters. The summed E-state index contributed by atoms with van der Waals surface area (Å²) in [7, 11) is 0. The summed E-state index contributed by atoms with van der Waals surface area (Å²) in [6, 6.07) is 12.6. The molecule has 0 bridgehead atoms. The predicted octanol–water partition coefficient (Wildman–Crippen LogP) is 8.80. The van der Waals surface area contributed by atoms with Crippen molar-refractivity contribution in [2.45, 2.75) is 38.2 Å². The SMILES string of the molecule is C=CCCC1CC=C(c2ccc(-c3ccc(-c4ccc(C5CO5)c(F)c4F)cc3)c(F)c2F)CC1. The van der Waals surface area contributed by atoms with Crippen molar-refractivity contribution in [3.05, 3.63) is 102 Å². The van der Waals surface area contributed by atoms with Crippen molar-refractivity contribution < 1.29 is 22.3 Å². The maximum Gasteiger partial charge on any atom is 0.167 e. The Balaban J connectivity index is 1.38. The van der Waals surface area contributed by atoms with Gasteiger partial charge in [0.15, 0.2) is 23.3 Å². The molecule has 3 aromatic carbocycles. The summed E-state index contributed by atoms with van der Waals surface area (Å²) in [5, 5.41) is 0. The standard InChI is InChI=1S/C30H26F4O/c1-2-3-4-18-5-7-19(8-6-18)22-13-14-23(28(32)27(22)31)20-9-11-21(12-10-20)24-15-16-25(26-17-35-26)30(34)29(24)33/h2,7,9-16,18,26H,1,3-6,8,17H2. The van der Waals surface area contributed by atoms with Crippen LogP contribution in [0.4, 0.5) is 17.6 Å². The van der Waals surface area contributed by atoms with Crippen LogP contribution in [0, 0.1) is 29.2 Å². The fraction of sp³-hybridized carbons (Fsp3) is 0.267. The highest BCUT2D eigenvalue weighted by Gasteiger charge is 2.30. The van der Waals surface area contributed by atoms with E-state index in [1.54, 1.807) is 36.4 Å². The van der Waals surface area contributed by atoms with Crippen LogP contribution in [-0.4, -0.2) is 6.61 Å². The maximum atomic E-state index is 15.1. The Morgan fingerprint density at radius 2 is 1.37 bits per heavy atom. The van der Waals surface area contributed by atoms with Crippen molar-refractivity contribution in [3.8, 4) is 22.3 Å². The first-order chi connectivity index (χ1) is 17.0. The monoisotopic (exact) mass is 478 g/mol. The largest absolute Gasteiger partial charge is 0.368 e. The van der Waals surface area contributed by atoms with Gasteiger partial charge in [-0.15, -0.1) is 6.58 Å². The Morgan fingerprint density at radius 1 is 0.800 bits per heavy atom. The van der Waals surface area contributed by atoms with Gasteiger partial charge in [-0.05, 0) is 54.7 Å². The van der Waals surface area contributed by atoms with Gasteiger partial charge >= 0.3 is 0 Å². The van der Waals surface area contributed by atoms with Gasteiger partial charge in [-0.1, -0.05) is 60.7 Å². The average molecular weight is 479 g/mol. The van der Waals surface area contributed by atoms with E-state index in [4.69, 9.17) is 4.74 Å². The summed E-state index contributed by atoms with van der Waals surface area (Å²) in [6.45, 7) is 4.15. The van der Waals surface area contributed by atoms with Crippen LogP contribution in [0.15, 0.2) is 67.3 Å². The number of hydrogen-bond acceptors (Lipinski definition) is 1. The third-order valence-electron chi connectivity index (χ3n) is 7.03. The summed E-state index contributed by atoms with van der Waals surface area (Å²) in [5.41, 5.74) is 2.51. The Morgan fingerprint density at radius 3 is 1.94 bits per heavy atom. The zero-order valence-electron chi connectivity index (χ0n) is 19.3. The minimum absolute atomic E-state index is 0.107. The van der Waals surface area contributed by atoms with Crippen LogP contribution in [0.25, 0.3) is 27.8 Å². The number of allylic oxidation sites excluding steroid dienone is 3. The summed E-state index contributed by atoms with van der Waals surface area (Å²) in [4.78, 5) is 0. The lowest BCUT2D eigenvalue weighted by Gasteiger charge is -2.22. The first-order valence-corrected chi connectivity index (χ1v) is 12.0. The van der Waals surface area contributed by atoms with Gasteiger partial charge in [0.1, 0.15) is 6.10 Å². The molecule has 3 aromatic rings. The molecule has 0 spiro atoms. The van der Waals surface area contributed by atoms with E-state index in [1.165, 1.54) is 12.1 Å². The lowest BCUT2D eigenvalue weighted by Crippen LogP contribution is -2.07. The van der Waals surface area contributed by atoms with Crippen molar-refractivity contribution in [3.63, 3.8) is 0 Å². The molecule has 1 nitrogen and oxygen atoms in total. The number of ether oxygens (including phenoxy) is 1. The molecule has 2 atom stereocenters. The van der Waals surface area contributed by atoms with Gasteiger partial charge in [-0.25, -0.2) is 17.6 Å². The molecular formula is C30H26F4O. The van der Waals surface area contributed by atoms with Crippen LogP contribution in [0.1, 0.15) is 49.3 Å². The molecule has 2 aliphatic rings. The van der Waals surface area contributed by atoms with Crippen molar-refractivity contribution in [2.24, 2.45) is 5.92 Å². The first-order valence-electron chi connectivity index (χ1n) is 12.0. The van der Waals surface area contributed by atoms with Crippen molar-refractivity contribution >= 4 is 5.57 Å². The highest BCUT2D eigenvalue weighted by molar-refractivity contribution is 5.74. The number of rotatable bonds is 7. The van der Waals surface area contributed by atoms with E-state index in [1.807, 2.05) is 12.2 Å². The molecule has 180 valence electrons. The molecule has 1 aliphatic carbocycles. The number of hydrogen-bond donors (Lipinski definition) is 0. The van der Waals surface area contributed by atoms with E-state index >= 15 is 8.78 Å². The number of halogens is 4. The highest BCUT2D eigenvalue weighted by atomic mass is 19.2. The van der Waals surface area contributed by atoms with E-state index in [0.29, 0.717) is 29.2 Å². The second-order valence-electron chi connectivity index (χ2n) is 9.25. The molecular weight excluding hydrogens is 452 g/mol. The third kappa shape index (κ3) is 4.70. The third-order valence-corrected chi connectivity index (χ3v) is 7.03. The molecule has 1 heterocycles.